The van der Waals surface area contributed by atoms with Crippen molar-refractivity contribution in [2.75, 3.05) is 18.0 Å². The standard InChI is InChI=1S/C7H15IN/c1-8-9-6-4-2-3-5-7-9/h2-7H2,1H3/q-1. The maximum absolute atomic E-state index is 2.66. The Morgan fingerprint density at radius 2 is 1.56 bits per heavy atom. The van der Waals surface area contributed by atoms with Gasteiger partial charge >= 0.3 is 68.3 Å². The van der Waals surface area contributed by atoms with Gasteiger partial charge in [-0.2, -0.15) is 0 Å². The van der Waals surface area contributed by atoms with Crippen LogP contribution in [0.1, 0.15) is 25.7 Å². The minimum absolute atomic E-state index is 0.402. The molecule has 0 saturated carbocycles. The van der Waals surface area contributed by atoms with E-state index in [1.807, 2.05) is 0 Å². The minimum atomic E-state index is 0.402. The number of nitrogens with zero attached hydrogens (tertiary/aromatic N) is 1. The van der Waals surface area contributed by atoms with Gasteiger partial charge in [-0.15, -0.1) is 0 Å². The molecular weight excluding hydrogens is 225 g/mol. The fourth-order valence-electron chi connectivity index (χ4n) is 1.20. The molecule has 1 fully saturated rings. The van der Waals surface area contributed by atoms with Crippen LogP contribution < -0.4 is 21.5 Å². The third-order valence-electron chi connectivity index (χ3n) is 1.79. The normalized spacial score (nSPS) is 24.1. The molecule has 0 amide bonds. The third kappa shape index (κ3) is 2.85. The second kappa shape index (κ2) is 4.50. The summed E-state index contributed by atoms with van der Waals surface area (Å²) in [5, 5.41) is 0. The molecule has 1 saturated heterocycles. The molecule has 1 heterocycles. The van der Waals surface area contributed by atoms with Gasteiger partial charge in [0.1, 0.15) is 0 Å². The molecule has 0 aromatic rings. The van der Waals surface area contributed by atoms with Crippen molar-refractivity contribution >= 4 is 0 Å². The summed E-state index contributed by atoms with van der Waals surface area (Å²) in [5.74, 6) is 0. The van der Waals surface area contributed by atoms with Gasteiger partial charge in [0.15, 0.2) is 0 Å². The first-order chi connectivity index (χ1) is 4.43. The molecule has 0 N–H and O–H groups in total. The van der Waals surface area contributed by atoms with E-state index in [1.54, 1.807) is 0 Å². The van der Waals surface area contributed by atoms with Crippen LogP contribution >= 0.6 is 0 Å². The fraction of sp³-hybridized carbons (Fsp3) is 1.00. The molecule has 9 heavy (non-hydrogen) atoms. The van der Waals surface area contributed by atoms with Crippen LogP contribution in [0.4, 0.5) is 0 Å². The Labute approximate surface area is 68.4 Å². The summed E-state index contributed by atoms with van der Waals surface area (Å²) in [6.07, 6.45) is 5.85. The van der Waals surface area contributed by atoms with Gasteiger partial charge in [0.25, 0.3) is 0 Å². The summed E-state index contributed by atoms with van der Waals surface area (Å²) < 4.78 is 2.66. The summed E-state index contributed by atoms with van der Waals surface area (Å²) >= 11 is 0.402. The summed E-state index contributed by atoms with van der Waals surface area (Å²) in [5.41, 5.74) is 0. The molecule has 1 aliphatic rings. The van der Waals surface area contributed by atoms with E-state index >= 15 is 0 Å². The summed E-state index contributed by atoms with van der Waals surface area (Å²) in [6.45, 7) is 2.79. The van der Waals surface area contributed by atoms with Gasteiger partial charge in [-0.1, -0.05) is 0 Å². The van der Waals surface area contributed by atoms with Gasteiger partial charge < -0.3 is 0 Å². The van der Waals surface area contributed by atoms with E-state index in [2.05, 4.69) is 8.04 Å². The second-order valence-corrected chi connectivity index (χ2v) is 4.82. The van der Waals surface area contributed by atoms with Crippen LogP contribution in [-0.2, 0) is 0 Å². The van der Waals surface area contributed by atoms with E-state index in [0.717, 1.165) is 0 Å². The molecule has 0 aliphatic carbocycles. The third-order valence-corrected chi connectivity index (χ3v) is 4.12. The number of alkyl halides is 1. The van der Waals surface area contributed by atoms with Crippen LogP contribution in [0.25, 0.3) is 0 Å². The quantitative estimate of drug-likeness (QED) is 0.306. The zero-order valence-electron chi connectivity index (χ0n) is 6.07. The predicted octanol–water partition coefficient (Wildman–Crippen LogP) is -1.50. The molecule has 0 spiro atoms. The second-order valence-electron chi connectivity index (χ2n) is 2.49. The molecule has 0 aromatic carbocycles. The molecule has 56 valence electrons. The molecule has 0 aromatic heterocycles. The SMILES string of the molecule is C[I-]N1CCCCCC1. The monoisotopic (exact) mass is 240 g/mol. The predicted molar refractivity (Wildman–Crippen MR) is 36.0 cm³/mol. The van der Waals surface area contributed by atoms with Crippen LogP contribution in [0.15, 0.2) is 0 Å². The Balaban J connectivity index is 2.18. The molecule has 2 heteroatoms. The number of hydrogen-bond donors (Lipinski definition) is 0. The van der Waals surface area contributed by atoms with E-state index in [0.29, 0.717) is 21.5 Å². The first-order valence-electron chi connectivity index (χ1n) is 3.68. The van der Waals surface area contributed by atoms with Gasteiger partial charge in [-0.3, -0.25) is 0 Å². The van der Waals surface area contributed by atoms with Crippen LogP contribution in [0.3, 0.4) is 0 Å². The Kier molecular flexibility index (Phi) is 3.89. The van der Waals surface area contributed by atoms with Crippen molar-refractivity contribution in [1.29, 1.82) is 0 Å². The first-order valence-corrected chi connectivity index (χ1v) is 6.80. The molecular formula is C7H15IN-. The molecule has 0 unspecified atom stereocenters. The maximum atomic E-state index is 2.66. The van der Waals surface area contributed by atoms with Crippen molar-refractivity contribution in [3.8, 4) is 0 Å². The summed E-state index contributed by atoms with van der Waals surface area (Å²) in [4.78, 5) is 2.37. The Hall–Kier alpha value is 0.690. The van der Waals surface area contributed by atoms with Gasteiger partial charge in [-0.25, -0.2) is 0 Å². The average molecular weight is 240 g/mol. The van der Waals surface area contributed by atoms with E-state index in [-0.39, 0.29) is 0 Å². The van der Waals surface area contributed by atoms with E-state index in [4.69, 9.17) is 0 Å². The first kappa shape index (κ1) is 7.79. The molecule has 1 aliphatic heterocycles. The van der Waals surface area contributed by atoms with E-state index < -0.39 is 0 Å². The fourth-order valence-corrected chi connectivity index (χ4v) is 2.85. The average Bonchev–Trinajstić information content (AvgIpc) is 2.13. The molecule has 1 nitrogen and oxygen atoms in total. The van der Waals surface area contributed by atoms with Gasteiger partial charge in [-0.05, 0) is 0 Å². The van der Waals surface area contributed by atoms with Gasteiger partial charge in [0.2, 0.25) is 0 Å². The van der Waals surface area contributed by atoms with Crippen molar-refractivity contribution in [3.05, 3.63) is 0 Å². The number of halogens is 1. The Morgan fingerprint density at radius 1 is 1.00 bits per heavy atom. The van der Waals surface area contributed by atoms with Gasteiger partial charge in [0, 0.05) is 0 Å². The van der Waals surface area contributed by atoms with Crippen LogP contribution in [0.5, 0.6) is 0 Å². The number of rotatable bonds is 1. The van der Waals surface area contributed by atoms with E-state index in [1.165, 1.54) is 38.8 Å². The van der Waals surface area contributed by atoms with Crippen LogP contribution in [0, 0.1) is 0 Å². The van der Waals surface area contributed by atoms with Crippen molar-refractivity contribution in [2.45, 2.75) is 25.7 Å². The van der Waals surface area contributed by atoms with Crippen molar-refractivity contribution in [1.82, 2.24) is 3.11 Å². The zero-order valence-corrected chi connectivity index (χ0v) is 8.23. The summed E-state index contributed by atoms with van der Waals surface area (Å²) in [7, 11) is 0. The molecule has 1 rings (SSSR count). The van der Waals surface area contributed by atoms with Crippen molar-refractivity contribution < 1.29 is 21.5 Å². The number of hydrogen-bond acceptors (Lipinski definition) is 1. The van der Waals surface area contributed by atoms with Crippen LogP contribution in [0.2, 0.25) is 0 Å². The molecule has 0 bridgehead atoms. The Bertz CT molecular complexity index is 67.3. The molecule has 0 radical (unpaired) electrons. The Morgan fingerprint density at radius 3 is 2.00 bits per heavy atom. The zero-order chi connectivity index (χ0) is 6.53. The van der Waals surface area contributed by atoms with Gasteiger partial charge in [0.05, 0.1) is 0 Å². The van der Waals surface area contributed by atoms with E-state index in [9.17, 15) is 0 Å². The van der Waals surface area contributed by atoms with Crippen molar-refractivity contribution in [2.24, 2.45) is 0 Å². The molecule has 0 atom stereocenters. The summed E-state index contributed by atoms with van der Waals surface area (Å²) in [6, 6.07) is 0. The topological polar surface area (TPSA) is 3.24 Å². The van der Waals surface area contributed by atoms with Crippen LogP contribution in [-0.4, -0.2) is 21.1 Å². The van der Waals surface area contributed by atoms with Crippen molar-refractivity contribution in [3.63, 3.8) is 0 Å².